The number of ether oxygens (including phenoxy) is 1. The van der Waals surface area contributed by atoms with Crippen LogP contribution in [0.25, 0.3) is 0 Å². The number of hydrogen-bond donors (Lipinski definition) is 1. The van der Waals surface area contributed by atoms with Crippen LogP contribution < -0.4 is 4.74 Å². The van der Waals surface area contributed by atoms with Gasteiger partial charge in [0.25, 0.3) is 16.0 Å². The van der Waals surface area contributed by atoms with Gasteiger partial charge < -0.3 is 9.64 Å². The van der Waals surface area contributed by atoms with Crippen LogP contribution >= 0.6 is 15.9 Å². The average Bonchev–Trinajstić information content (AvgIpc) is 2.78. The first-order valence-corrected chi connectivity index (χ1v) is 13.0. The molecule has 0 aliphatic carbocycles. The molecule has 0 bridgehead atoms. The van der Waals surface area contributed by atoms with Crippen LogP contribution in [0.1, 0.15) is 36.6 Å². The summed E-state index contributed by atoms with van der Waals surface area (Å²) in [4.78, 5) is 17.0. The van der Waals surface area contributed by atoms with Gasteiger partial charge in [-0.1, -0.05) is 35.0 Å². The molecular weight excluding hydrogens is 515 g/mol. The van der Waals surface area contributed by atoms with Crippen molar-refractivity contribution in [2.75, 3.05) is 26.2 Å². The van der Waals surface area contributed by atoms with Crippen molar-refractivity contribution in [3.05, 3.63) is 63.9 Å². The van der Waals surface area contributed by atoms with Gasteiger partial charge in [-0.2, -0.15) is 8.42 Å². The highest BCUT2D eigenvalue weighted by molar-refractivity contribution is 9.10. The first-order valence-electron chi connectivity index (χ1n) is 10.7. The molecule has 33 heavy (non-hydrogen) atoms. The van der Waals surface area contributed by atoms with E-state index in [0.717, 1.165) is 12.0 Å². The van der Waals surface area contributed by atoms with E-state index in [4.69, 9.17) is 4.74 Å². The summed E-state index contributed by atoms with van der Waals surface area (Å²) in [6.45, 7) is 5.75. The Morgan fingerprint density at radius 3 is 2.58 bits per heavy atom. The molecule has 1 amide bonds. The van der Waals surface area contributed by atoms with Crippen molar-refractivity contribution in [2.24, 2.45) is 0 Å². The highest BCUT2D eigenvalue weighted by Crippen LogP contribution is 2.32. The Morgan fingerprint density at radius 1 is 1.24 bits per heavy atom. The zero-order chi connectivity index (χ0) is 24.2. The van der Waals surface area contributed by atoms with Gasteiger partial charge in [0.1, 0.15) is 16.8 Å². The van der Waals surface area contributed by atoms with Crippen LogP contribution in [0.15, 0.2) is 46.9 Å². The first kappa shape index (κ1) is 25.6. The summed E-state index contributed by atoms with van der Waals surface area (Å²) in [6.07, 6.45) is 0.773. The monoisotopic (exact) mass is 542 g/mol. The molecular formula is C23H28BrFN2O5S. The molecule has 1 heterocycles. The summed E-state index contributed by atoms with van der Waals surface area (Å²) < 4.78 is 52.2. The molecule has 1 aliphatic heterocycles. The molecule has 1 saturated heterocycles. The number of carbonyl (C=O) groups excluding carboxylic acids is 1. The number of hydrogen-bond acceptors (Lipinski definition) is 5. The molecule has 0 aromatic heterocycles. The minimum atomic E-state index is -4.32. The van der Waals surface area contributed by atoms with Crippen molar-refractivity contribution in [3.63, 3.8) is 0 Å². The molecule has 1 aliphatic rings. The predicted molar refractivity (Wildman–Crippen MR) is 127 cm³/mol. The highest BCUT2D eigenvalue weighted by atomic mass is 79.9. The van der Waals surface area contributed by atoms with Gasteiger partial charge in [0.05, 0.1) is 0 Å². The van der Waals surface area contributed by atoms with E-state index in [1.807, 2.05) is 6.92 Å². The molecule has 1 N–H and O–H groups in total. The fraction of sp³-hybridized carbons (Fsp3) is 0.435. The van der Waals surface area contributed by atoms with Crippen molar-refractivity contribution < 1.29 is 26.9 Å². The first-order chi connectivity index (χ1) is 15.6. The minimum absolute atomic E-state index is 0.0106. The summed E-state index contributed by atoms with van der Waals surface area (Å²) in [6, 6.07) is 11.3. The molecule has 0 radical (unpaired) electrons. The van der Waals surface area contributed by atoms with Crippen LogP contribution in [0.2, 0.25) is 0 Å². The Bertz CT molecular complexity index is 1080. The molecule has 10 heteroatoms. The van der Waals surface area contributed by atoms with Gasteiger partial charge in [-0.25, -0.2) is 4.39 Å². The van der Waals surface area contributed by atoms with Crippen LogP contribution in [-0.2, 0) is 21.5 Å². The van der Waals surface area contributed by atoms with Crippen LogP contribution in [0, 0.1) is 5.82 Å². The number of piperazine rings is 1. The maximum absolute atomic E-state index is 13.2. The highest BCUT2D eigenvalue weighted by Gasteiger charge is 2.30. The zero-order valence-corrected chi connectivity index (χ0v) is 21.0. The second-order valence-corrected chi connectivity index (χ2v) is 10.8. The van der Waals surface area contributed by atoms with Crippen molar-refractivity contribution in [1.29, 1.82) is 0 Å². The van der Waals surface area contributed by atoms with E-state index in [1.165, 1.54) is 19.1 Å². The molecule has 2 aromatic rings. The molecule has 0 saturated carbocycles. The quantitative estimate of drug-likeness (QED) is 0.506. The van der Waals surface area contributed by atoms with E-state index in [9.17, 15) is 22.2 Å². The molecule has 2 aromatic carbocycles. The molecule has 2 atom stereocenters. The lowest BCUT2D eigenvalue weighted by atomic mass is 10.1. The number of rotatable bonds is 8. The standard InChI is InChI=1S/C23H28BrFN2O5S/c1-3-20-14-26(13-17-4-7-19(25)8-5-17)10-11-27(20)23(28)15-32-22-9-6-18(24)12-21(22)16(2)33(29,30)31/h4-9,12,16,20H,3,10-11,13-15H2,1-2H3,(H,29,30,31). The Balaban J connectivity index is 1.63. The number of nitrogens with zero attached hydrogens (tertiary/aromatic N) is 2. The Kier molecular flexibility index (Phi) is 8.49. The Morgan fingerprint density at radius 2 is 1.94 bits per heavy atom. The van der Waals surface area contributed by atoms with E-state index in [0.29, 0.717) is 30.7 Å². The minimum Gasteiger partial charge on any atom is -0.483 e. The fourth-order valence-corrected chi connectivity index (χ4v) is 4.82. The fourth-order valence-electron chi connectivity index (χ4n) is 3.94. The van der Waals surface area contributed by atoms with Gasteiger partial charge >= 0.3 is 0 Å². The second kappa shape index (κ2) is 10.9. The molecule has 2 unspecified atom stereocenters. The Labute approximate surface area is 202 Å². The summed E-state index contributed by atoms with van der Waals surface area (Å²) in [7, 11) is -4.32. The van der Waals surface area contributed by atoms with Gasteiger partial charge in [-0.05, 0) is 49.2 Å². The lowest BCUT2D eigenvalue weighted by Crippen LogP contribution is -2.55. The number of halogens is 2. The van der Waals surface area contributed by atoms with Crippen LogP contribution in [0.3, 0.4) is 0 Å². The summed E-state index contributed by atoms with van der Waals surface area (Å²) in [5.74, 6) is -0.211. The zero-order valence-electron chi connectivity index (χ0n) is 18.6. The number of carbonyl (C=O) groups is 1. The van der Waals surface area contributed by atoms with Crippen LogP contribution in [0.5, 0.6) is 5.75 Å². The van der Waals surface area contributed by atoms with Crippen molar-refractivity contribution in [1.82, 2.24) is 9.80 Å². The smallest absolute Gasteiger partial charge is 0.271 e. The maximum Gasteiger partial charge on any atom is 0.271 e. The maximum atomic E-state index is 13.2. The van der Waals surface area contributed by atoms with E-state index in [2.05, 4.69) is 20.8 Å². The predicted octanol–water partition coefficient (Wildman–Crippen LogP) is 4.04. The van der Waals surface area contributed by atoms with E-state index >= 15 is 0 Å². The second-order valence-electron chi connectivity index (χ2n) is 8.14. The normalized spacial score (nSPS) is 18.2. The molecule has 3 rings (SSSR count). The summed E-state index contributed by atoms with van der Waals surface area (Å²) in [5, 5.41) is -1.20. The third kappa shape index (κ3) is 6.75. The van der Waals surface area contributed by atoms with E-state index in [1.54, 1.807) is 35.2 Å². The third-order valence-electron chi connectivity index (χ3n) is 5.89. The van der Waals surface area contributed by atoms with Gasteiger partial charge in [0, 0.05) is 42.3 Å². The molecule has 0 spiro atoms. The summed E-state index contributed by atoms with van der Waals surface area (Å²) in [5.41, 5.74) is 1.29. The van der Waals surface area contributed by atoms with Crippen LogP contribution in [0.4, 0.5) is 4.39 Å². The molecule has 7 nitrogen and oxygen atoms in total. The van der Waals surface area contributed by atoms with Gasteiger partial charge in [0.2, 0.25) is 0 Å². The number of benzene rings is 2. The Hall–Kier alpha value is -2.01. The summed E-state index contributed by atoms with van der Waals surface area (Å²) >= 11 is 3.29. The van der Waals surface area contributed by atoms with Gasteiger partial charge in [0.15, 0.2) is 6.61 Å². The lowest BCUT2D eigenvalue weighted by Gasteiger charge is -2.41. The molecule has 180 valence electrons. The van der Waals surface area contributed by atoms with Crippen molar-refractivity contribution >= 4 is 32.0 Å². The number of amides is 1. The van der Waals surface area contributed by atoms with E-state index in [-0.39, 0.29) is 35.7 Å². The van der Waals surface area contributed by atoms with Crippen LogP contribution in [-0.4, -0.2) is 61.0 Å². The lowest BCUT2D eigenvalue weighted by molar-refractivity contribution is -0.138. The van der Waals surface area contributed by atoms with Gasteiger partial charge in [-0.15, -0.1) is 0 Å². The molecule has 1 fully saturated rings. The average molecular weight is 543 g/mol. The SMILES string of the molecule is CCC1CN(Cc2ccc(F)cc2)CCN1C(=O)COc1ccc(Br)cc1C(C)S(=O)(=O)O. The van der Waals surface area contributed by atoms with E-state index < -0.39 is 15.4 Å². The van der Waals surface area contributed by atoms with Crippen molar-refractivity contribution in [2.45, 2.75) is 38.1 Å². The topological polar surface area (TPSA) is 87.2 Å². The largest absolute Gasteiger partial charge is 0.483 e. The van der Waals surface area contributed by atoms with Crippen molar-refractivity contribution in [3.8, 4) is 5.75 Å². The third-order valence-corrected chi connectivity index (χ3v) is 7.53. The van der Waals surface area contributed by atoms with Gasteiger partial charge in [-0.3, -0.25) is 14.2 Å².